The Hall–Kier alpha value is -2.96. The van der Waals surface area contributed by atoms with Crippen LogP contribution in [0.15, 0.2) is 48.5 Å². The highest BCUT2D eigenvalue weighted by Gasteiger charge is 2.18. The summed E-state index contributed by atoms with van der Waals surface area (Å²) in [7, 11) is 1.60. The lowest BCUT2D eigenvalue weighted by molar-refractivity contribution is -0.385. The number of nitrogens with zero attached hydrogens (tertiary/aromatic N) is 2. The first-order valence-electron chi connectivity index (χ1n) is 6.82. The molecule has 0 heterocycles. The number of benzene rings is 2. The Kier molecular flexibility index (Phi) is 5.24. The minimum atomic E-state index is -0.688. The van der Waals surface area contributed by atoms with Crippen LogP contribution in [0.3, 0.4) is 0 Å². The molecule has 2 aromatic rings. The zero-order valence-electron chi connectivity index (χ0n) is 12.4. The Labute approximate surface area is 132 Å². The average molecular weight is 318 g/mol. The van der Waals surface area contributed by atoms with E-state index < -0.39 is 17.3 Å². The first kappa shape index (κ1) is 16.4. The largest absolute Gasteiger partial charge is 0.477 e. The van der Waals surface area contributed by atoms with Crippen molar-refractivity contribution in [1.29, 1.82) is 0 Å². The van der Waals surface area contributed by atoms with Gasteiger partial charge in [0.1, 0.15) is 5.82 Å². The van der Waals surface area contributed by atoms with Crippen LogP contribution in [-0.4, -0.2) is 29.4 Å². The summed E-state index contributed by atoms with van der Waals surface area (Å²) in [5.41, 5.74) is 0.560. The highest BCUT2D eigenvalue weighted by Crippen LogP contribution is 2.27. The van der Waals surface area contributed by atoms with Gasteiger partial charge in [0.05, 0.1) is 4.92 Å². The number of likely N-dealkylation sites (N-methyl/N-ethyl adjacent to an activating group) is 1. The molecule has 1 amide bonds. The summed E-state index contributed by atoms with van der Waals surface area (Å²) in [6.07, 6.45) is 0. The number of nitro groups is 1. The molecule has 0 aliphatic rings. The number of carbonyl (C=O) groups excluding carboxylic acids is 1. The first-order valence-corrected chi connectivity index (χ1v) is 6.82. The van der Waals surface area contributed by atoms with Gasteiger partial charge in [-0.3, -0.25) is 14.9 Å². The summed E-state index contributed by atoms with van der Waals surface area (Å²) in [5, 5.41) is 10.9. The SMILES string of the molecule is CN(Cc1ccccc1)C(=O)COc1cc(F)ccc1[N+](=O)[O-]. The molecule has 0 N–H and O–H groups in total. The third-order valence-corrected chi connectivity index (χ3v) is 3.16. The lowest BCUT2D eigenvalue weighted by Gasteiger charge is -2.17. The van der Waals surface area contributed by atoms with E-state index in [1.54, 1.807) is 7.05 Å². The highest BCUT2D eigenvalue weighted by atomic mass is 19.1. The quantitative estimate of drug-likeness (QED) is 0.606. The van der Waals surface area contributed by atoms with Gasteiger partial charge in [-0.2, -0.15) is 0 Å². The predicted octanol–water partition coefficient (Wildman–Crippen LogP) is 2.77. The maximum absolute atomic E-state index is 13.2. The molecular formula is C16H15FN2O4. The fraction of sp³-hybridized carbons (Fsp3) is 0.188. The smallest absolute Gasteiger partial charge is 0.311 e. The number of hydrogen-bond acceptors (Lipinski definition) is 4. The van der Waals surface area contributed by atoms with Crippen molar-refractivity contribution in [2.45, 2.75) is 6.54 Å². The van der Waals surface area contributed by atoms with Gasteiger partial charge >= 0.3 is 5.69 Å². The molecule has 6 nitrogen and oxygen atoms in total. The molecule has 0 atom stereocenters. The van der Waals surface area contributed by atoms with E-state index in [0.717, 1.165) is 23.8 Å². The number of amides is 1. The van der Waals surface area contributed by atoms with Gasteiger partial charge in [-0.25, -0.2) is 4.39 Å². The number of nitro benzene ring substituents is 1. The van der Waals surface area contributed by atoms with Crippen LogP contribution in [0.4, 0.5) is 10.1 Å². The first-order chi connectivity index (χ1) is 11.0. The van der Waals surface area contributed by atoms with Gasteiger partial charge in [0.15, 0.2) is 6.61 Å². The second kappa shape index (κ2) is 7.35. The molecule has 0 saturated heterocycles. The Balaban J connectivity index is 1.99. The lowest BCUT2D eigenvalue weighted by Crippen LogP contribution is -2.31. The number of halogens is 1. The van der Waals surface area contributed by atoms with E-state index in [-0.39, 0.29) is 17.3 Å². The van der Waals surface area contributed by atoms with Crippen LogP contribution in [0.25, 0.3) is 0 Å². The van der Waals surface area contributed by atoms with E-state index in [4.69, 9.17) is 4.74 Å². The summed E-state index contributed by atoms with van der Waals surface area (Å²) in [4.78, 5) is 23.6. The van der Waals surface area contributed by atoms with Crippen LogP contribution in [0.5, 0.6) is 5.75 Å². The summed E-state index contributed by atoms with van der Waals surface area (Å²) in [6, 6.07) is 12.2. The van der Waals surface area contributed by atoms with Crippen LogP contribution in [0.2, 0.25) is 0 Å². The zero-order valence-corrected chi connectivity index (χ0v) is 12.4. The fourth-order valence-electron chi connectivity index (χ4n) is 1.95. The molecule has 0 unspecified atom stereocenters. The highest BCUT2D eigenvalue weighted by molar-refractivity contribution is 5.77. The Morgan fingerprint density at radius 3 is 2.61 bits per heavy atom. The maximum Gasteiger partial charge on any atom is 0.311 e. The summed E-state index contributed by atoms with van der Waals surface area (Å²) in [6.45, 7) is -0.0259. The van der Waals surface area contributed by atoms with Crippen molar-refractivity contribution in [2.24, 2.45) is 0 Å². The van der Waals surface area contributed by atoms with Crippen molar-refractivity contribution < 1.29 is 18.8 Å². The second-order valence-corrected chi connectivity index (χ2v) is 4.89. The molecule has 0 bridgehead atoms. The summed E-state index contributed by atoms with van der Waals surface area (Å²) < 4.78 is 18.3. The van der Waals surface area contributed by atoms with Crippen LogP contribution >= 0.6 is 0 Å². The molecular weight excluding hydrogens is 303 g/mol. The minimum absolute atomic E-state index is 0.267. The standard InChI is InChI=1S/C16H15FN2O4/c1-18(10-12-5-3-2-4-6-12)16(20)11-23-15-9-13(17)7-8-14(15)19(21)22/h2-9H,10-11H2,1H3. The molecule has 0 saturated carbocycles. The molecule has 0 aliphatic heterocycles. The normalized spacial score (nSPS) is 10.2. The summed E-state index contributed by atoms with van der Waals surface area (Å²) >= 11 is 0. The Bertz CT molecular complexity index is 706. The van der Waals surface area contributed by atoms with Crippen LogP contribution in [0.1, 0.15) is 5.56 Å². The lowest BCUT2D eigenvalue weighted by atomic mass is 10.2. The van der Waals surface area contributed by atoms with Crippen molar-refractivity contribution in [2.75, 3.05) is 13.7 Å². The van der Waals surface area contributed by atoms with Gasteiger partial charge in [-0.05, 0) is 11.6 Å². The molecule has 2 rings (SSSR count). The minimum Gasteiger partial charge on any atom is -0.477 e. The zero-order chi connectivity index (χ0) is 16.8. The van der Waals surface area contributed by atoms with Gasteiger partial charge in [0, 0.05) is 25.7 Å². The average Bonchev–Trinajstić information content (AvgIpc) is 2.53. The van der Waals surface area contributed by atoms with Crippen molar-refractivity contribution in [3.8, 4) is 5.75 Å². The molecule has 0 spiro atoms. The fourth-order valence-corrected chi connectivity index (χ4v) is 1.95. The van der Waals surface area contributed by atoms with Crippen LogP contribution < -0.4 is 4.74 Å². The van der Waals surface area contributed by atoms with E-state index in [2.05, 4.69) is 0 Å². The summed E-state index contributed by atoms with van der Waals surface area (Å²) in [5.74, 6) is -1.31. The molecule has 120 valence electrons. The topological polar surface area (TPSA) is 72.7 Å². The molecule has 0 aliphatic carbocycles. The molecule has 2 aromatic carbocycles. The van der Waals surface area contributed by atoms with E-state index in [9.17, 15) is 19.3 Å². The van der Waals surface area contributed by atoms with E-state index in [1.165, 1.54) is 4.90 Å². The maximum atomic E-state index is 13.2. The Morgan fingerprint density at radius 1 is 1.26 bits per heavy atom. The van der Waals surface area contributed by atoms with Gasteiger partial charge in [-0.15, -0.1) is 0 Å². The predicted molar refractivity (Wildman–Crippen MR) is 81.5 cm³/mol. The molecule has 0 radical (unpaired) electrons. The number of carbonyl (C=O) groups is 1. The van der Waals surface area contributed by atoms with Crippen molar-refractivity contribution in [3.63, 3.8) is 0 Å². The van der Waals surface area contributed by atoms with Crippen molar-refractivity contribution in [3.05, 3.63) is 70.0 Å². The molecule has 0 aromatic heterocycles. The Morgan fingerprint density at radius 2 is 1.96 bits per heavy atom. The van der Waals surface area contributed by atoms with Gasteiger partial charge in [0.25, 0.3) is 5.91 Å². The second-order valence-electron chi connectivity index (χ2n) is 4.89. The number of hydrogen-bond donors (Lipinski definition) is 0. The van der Waals surface area contributed by atoms with Gasteiger partial charge in [-0.1, -0.05) is 30.3 Å². The number of rotatable bonds is 6. The van der Waals surface area contributed by atoms with Crippen LogP contribution in [0, 0.1) is 15.9 Å². The molecule has 7 heteroatoms. The third kappa shape index (κ3) is 4.50. The van der Waals surface area contributed by atoms with Crippen molar-refractivity contribution in [1.82, 2.24) is 4.90 Å². The van der Waals surface area contributed by atoms with Crippen molar-refractivity contribution >= 4 is 11.6 Å². The van der Waals surface area contributed by atoms with Crippen LogP contribution in [-0.2, 0) is 11.3 Å². The van der Waals surface area contributed by atoms with E-state index in [0.29, 0.717) is 6.54 Å². The van der Waals surface area contributed by atoms with E-state index >= 15 is 0 Å². The molecule has 0 fully saturated rings. The monoisotopic (exact) mass is 318 g/mol. The third-order valence-electron chi connectivity index (χ3n) is 3.16. The van der Waals surface area contributed by atoms with Gasteiger partial charge in [0.2, 0.25) is 5.75 Å². The number of ether oxygens (including phenoxy) is 1. The van der Waals surface area contributed by atoms with E-state index in [1.807, 2.05) is 30.3 Å². The van der Waals surface area contributed by atoms with Gasteiger partial charge < -0.3 is 9.64 Å². The molecule has 23 heavy (non-hydrogen) atoms.